The van der Waals surface area contributed by atoms with Gasteiger partial charge in [0.15, 0.2) is 0 Å². The van der Waals surface area contributed by atoms with Gasteiger partial charge in [0.25, 0.3) is 5.91 Å². The van der Waals surface area contributed by atoms with E-state index in [-0.39, 0.29) is 23.8 Å². The van der Waals surface area contributed by atoms with Crippen molar-refractivity contribution in [2.75, 3.05) is 13.1 Å². The molecular formula is C17H29N3O3. The summed E-state index contributed by atoms with van der Waals surface area (Å²) in [6.07, 6.45) is 2.30. The van der Waals surface area contributed by atoms with Gasteiger partial charge in [-0.2, -0.15) is 0 Å². The summed E-state index contributed by atoms with van der Waals surface area (Å²) in [4.78, 5) is 38.2. The normalized spacial score (nSPS) is 30.0. The van der Waals surface area contributed by atoms with Gasteiger partial charge >= 0.3 is 6.03 Å². The maximum Gasteiger partial charge on any atom is 0.325 e. The minimum absolute atomic E-state index is 0.00345. The van der Waals surface area contributed by atoms with Crippen molar-refractivity contribution >= 4 is 17.8 Å². The van der Waals surface area contributed by atoms with Crippen molar-refractivity contribution in [1.29, 1.82) is 0 Å². The van der Waals surface area contributed by atoms with Crippen LogP contribution in [0, 0.1) is 17.3 Å². The van der Waals surface area contributed by atoms with Crippen LogP contribution in [0.1, 0.15) is 53.9 Å². The molecule has 0 bridgehead atoms. The highest BCUT2D eigenvalue weighted by Gasteiger charge is 2.56. The molecule has 2 N–H and O–H groups in total. The number of imide groups is 1. The SMILES string of the molecule is CC(C)CNC(=O)CN1C(=O)NC2(CC(C)CC(C)(C)C2)C1=O. The number of carbonyl (C=O) groups excluding carboxylic acids is 3. The molecule has 2 rings (SSSR count). The quantitative estimate of drug-likeness (QED) is 0.776. The third-order valence-electron chi connectivity index (χ3n) is 4.63. The molecule has 2 aliphatic rings. The Balaban J connectivity index is 2.09. The first-order valence-corrected chi connectivity index (χ1v) is 8.45. The Hall–Kier alpha value is -1.59. The molecule has 23 heavy (non-hydrogen) atoms. The first-order valence-electron chi connectivity index (χ1n) is 8.45. The number of amides is 4. The van der Waals surface area contributed by atoms with Gasteiger partial charge in [-0.15, -0.1) is 0 Å². The van der Waals surface area contributed by atoms with E-state index in [4.69, 9.17) is 0 Å². The predicted molar refractivity (Wildman–Crippen MR) is 87.6 cm³/mol. The molecule has 2 atom stereocenters. The first-order chi connectivity index (χ1) is 10.5. The zero-order valence-electron chi connectivity index (χ0n) is 14.9. The van der Waals surface area contributed by atoms with E-state index in [1.54, 1.807) is 0 Å². The van der Waals surface area contributed by atoms with Crippen molar-refractivity contribution in [3.63, 3.8) is 0 Å². The summed E-state index contributed by atoms with van der Waals surface area (Å²) in [6, 6.07) is -0.445. The molecule has 6 nitrogen and oxygen atoms in total. The molecule has 1 saturated heterocycles. The molecule has 1 saturated carbocycles. The lowest BCUT2D eigenvalue weighted by atomic mass is 9.64. The van der Waals surface area contributed by atoms with Crippen LogP contribution in [0.15, 0.2) is 0 Å². The van der Waals surface area contributed by atoms with E-state index in [0.29, 0.717) is 31.2 Å². The summed E-state index contributed by atoms with van der Waals surface area (Å²) >= 11 is 0. The third-order valence-corrected chi connectivity index (χ3v) is 4.63. The lowest BCUT2D eigenvalue weighted by Gasteiger charge is -2.43. The fraction of sp³-hybridized carbons (Fsp3) is 0.824. The highest BCUT2D eigenvalue weighted by Crippen LogP contribution is 2.46. The summed E-state index contributed by atoms with van der Waals surface area (Å²) in [5.41, 5.74) is -0.840. The Morgan fingerprint density at radius 1 is 1.35 bits per heavy atom. The molecule has 1 heterocycles. The van der Waals surface area contributed by atoms with Gasteiger partial charge in [-0.1, -0.05) is 34.6 Å². The molecule has 0 aromatic carbocycles. The highest BCUT2D eigenvalue weighted by atomic mass is 16.2. The van der Waals surface area contributed by atoms with Crippen molar-refractivity contribution in [3.05, 3.63) is 0 Å². The summed E-state index contributed by atoms with van der Waals surface area (Å²) < 4.78 is 0. The van der Waals surface area contributed by atoms with Gasteiger partial charge in [-0.3, -0.25) is 14.5 Å². The Labute approximate surface area is 138 Å². The van der Waals surface area contributed by atoms with E-state index in [9.17, 15) is 14.4 Å². The fourth-order valence-corrected chi connectivity index (χ4v) is 4.17. The fourth-order valence-electron chi connectivity index (χ4n) is 4.17. The van der Waals surface area contributed by atoms with E-state index < -0.39 is 11.6 Å². The van der Waals surface area contributed by atoms with Crippen LogP contribution >= 0.6 is 0 Å². The van der Waals surface area contributed by atoms with Crippen LogP contribution in [0.2, 0.25) is 0 Å². The number of carbonyl (C=O) groups is 3. The number of nitrogens with zero attached hydrogens (tertiary/aromatic N) is 1. The molecule has 0 radical (unpaired) electrons. The number of hydrogen-bond acceptors (Lipinski definition) is 3. The Morgan fingerprint density at radius 2 is 2.00 bits per heavy atom. The van der Waals surface area contributed by atoms with Crippen molar-refractivity contribution in [2.24, 2.45) is 17.3 Å². The summed E-state index contributed by atoms with van der Waals surface area (Å²) in [7, 11) is 0. The standard InChI is InChI=1S/C17H29N3O3/c1-11(2)8-18-13(21)9-20-14(22)17(19-15(20)23)7-12(3)6-16(4,5)10-17/h11-12H,6-10H2,1-5H3,(H,18,21)(H,19,23). The molecule has 1 spiro atoms. The largest absolute Gasteiger partial charge is 0.354 e. The van der Waals surface area contributed by atoms with Crippen LogP contribution in [0.3, 0.4) is 0 Å². The van der Waals surface area contributed by atoms with Crippen LogP contribution in [-0.4, -0.2) is 41.4 Å². The molecule has 2 unspecified atom stereocenters. The zero-order valence-corrected chi connectivity index (χ0v) is 14.9. The Kier molecular flexibility index (Phi) is 4.74. The predicted octanol–water partition coefficient (Wildman–Crippen LogP) is 1.90. The van der Waals surface area contributed by atoms with E-state index in [2.05, 4.69) is 31.4 Å². The van der Waals surface area contributed by atoms with E-state index >= 15 is 0 Å². The number of urea groups is 1. The number of hydrogen-bond donors (Lipinski definition) is 2. The molecule has 1 aliphatic heterocycles. The second-order valence-electron chi connectivity index (χ2n) is 8.46. The van der Waals surface area contributed by atoms with Crippen LogP contribution in [-0.2, 0) is 9.59 Å². The lowest BCUT2D eigenvalue weighted by molar-refractivity contribution is -0.137. The summed E-state index contributed by atoms with van der Waals surface area (Å²) in [5, 5.41) is 5.64. The van der Waals surface area contributed by atoms with Crippen LogP contribution in [0.5, 0.6) is 0 Å². The van der Waals surface area contributed by atoms with Gasteiger partial charge in [-0.05, 0) is 36.5 Å². The maximum atomic E-state index is 12.9. The molecule has 1 aliphatic carbocycles. The van der Waals surface area contributed by atoms with Crippen molar-refractivity contribution < 1.29 is 14.4 Å². The molecule has 130 valence electrons. The average molecular weight is 323 g/mol. The zero-order chi connectivity index (χ0) is 17.4. The van der Waals surface area contributed by atoms with Crippen LogP contribution in [0.4, 0.5) is 4.79 Å². The van der Waals surface area contributed by atoms with E-state index in [0.717, 1.165) is 11.3 Å². The van der Waals surface area contributed by atoms with Gasteiger partial charge in [0.05, 0.1) is 0 Å². The Morgan fingerprint density at radius 3 is 2.57 bits per heavy atom. The van der Waals surface area contributed by atoms with Crippen molar-refractivity contribution in [2.45, 2.75) is 59.4 Å². The number of rotatable bonds is 4. The topological polar surface area (TPSA) is 78.5 Å². The second kappa shape index (κ2) is 6.13. The van der Waals surface area contributed by atoms with Crippen molar-refractivity contribution in [3.8, 4) is 0 Å². The van der Waals surface area contributed by atoms with E-state index in [1.807, 2.05) is 13.8 Å². The molecule has 2 fully saturated rings. The van der Waals surface area contributed by atoms with Crippen molar-refractivity contribution in [1.82, 2.24) is 15.5 Å². The summed E-state index contributed by atoms with van der Waals surface area (Å²) in [6.45, 7) is 10.7. The maximum absolute atomic E-state index is 12.9. The minimum atomic E-state index is -0.837. The molecule has 4 amide bonds. The summed E-state index contributed by atoms with van der Waals surface area (Å²) in [5.74, 6) is 0.148. The average Bonchev–Trinajstić information content (AvgIpc) is 2.58. The Bertz CT molecular complexity index is 515. The van der Waals surface area contributed by atoms with Gasteiger partial charge in [-0.25, -0.2) is 4.79 Å². The monoisotopic (exact) mass is 323 g/mol. The van der Waals surface area contributed by atoms with Crippen LogP contribution < -0.4 is 10.6 Å². The smallest absolute Gasteiger partial charge is 0.325 e. The van der Waals surface area contributed by atoms with Gasteiger partial charge in [0, 0.05) is 6.54 Å². The van der Waals surface area contributed by atoms with Gasteiger partial charge in [0.2, 0.25) is 5.91 Å². The second-order valence-corrected chi connectivity index (χ2v) is 8.46. The molecule has 6 heteroatoms. The van der Waals surface area contributed by atoms with Gasteiger partial charge < -0.3 is 10.6 Å². The molecule has 0 aromatic rings. The van der Waals surface area contributed by atoms with Crippen LogP contribution in [0.25, 0.3) is 0 Å². The lowest BCUT2D eigenvalue weighted by Crippen LogP contribution is -2.54. The third kappa shape index (κ3) is 3.85. The van der Waals surface area contributed by atoms with E-state index in [1.165, 1.54) is 0 Å². The van der Waals surface area contributed by atoms with Gasteiger partial charge in [0.1, 0.15) is 12.1 Å². The molecular weight excluding hydrogens is 294 g/mol. The first kappa shape index (κ1) is 17.8. The molecule has 0 aromatic heterocycles. The highest BCUT2D eigenvalue weighted by molar-refractivity contribution is 6.09. The number of nitrogens with one attached hydrogen (secondary N) is 2. The minimum Gasteiger partial charge on any atom is -0.354 e.